The number of nitrogens with one attached hydrogen (secondary N) is 1. The maximum Gasteiger partial charge on any atom is 0.260 e. The maximum absolute atomic E-state index is 12.5. The highest BCUT2D eigenvalue weighted by molar-refractivity contribution is 9.10. The maximum atomic E-state index is 12.5. The molecule has 0 aromatic heterocycles. The summed E-state index contributed by atoms with van der Waals surface area (Å²) in [5, 5.41) is 5.34. The molecular formula is C25H23BrCl3N3O5S. The molecule has 1 amide bonds. The van der Waals surface area contributed by atoms with Gasteiger partial charge in [0.2, 0.25) is 10.0 Å². The molecule has 0 aliphatic heterocycles. The summed E-state index contributed by atoms with van der Waals surface area (Å²) in [6.07, 6.45) is 2.40. The first kappa shape index (κ1) is 30.0. The van der Waals surface area contributed by atoms with Crippen LogP contribution in [0.3, 0.4) is 0 Å². The van der Waals surface area contributed by atoms with Gasteiger partial charge in [-0.2, -0.15) is 5.10 Å². The monoisotopic (exact) mass is 661 g/mol. The molecule has 0 aliphatic carbocycles. The molecule has 0 unspecified atom stereocenters. The second kappa shape index (κ2) is 13.0. The molecule has 13 heteroatoms. The third kappa shape index (κ3) is 7.77. The van der Waals surface area contributed by atoms with Crippen LogP contribution in [-0.4, -0.2) is 40.4 Å². The Morgan fingerprint density at radius 1 is 1.13 bits per heavy atom. The Morgan fingerprint density at radius 3 is 2.53 bits per heavy atom. The number of ether oxygens (including phenoxy) is 2. The molecule has 0 atom stereocenters. The average Bonchev–Trinajstić information content (AvgIpc) is 2.84. The van der Waals surface area contributed by atoms with E-state index in [0.29, 0.717) is 47.9 Å². The van der Waals surface area contributed by atoms with E-state index in [0.717, 1.165) is 16.1 Å². The van der Waals surface area contributed by atoms with Crippen LogP contribution in [0, 0.1) is 6.92 Å². The Balaban J connectivity index is 1.71. The van der Waals surface area contributed by atoms with Crippen molar-refractivity contribution in [1.29, 1.82) is 0 Å². The molecule has 8 nitrogen and oxygen atoms in total. The van der Waals surface area contributed by atoms with Gasteiger partial charge in [0.1, 0.15) is 13.2 Å². The largest absolute Gasteiger partial charge is 0.493 e. The lowest BCUT2D eigenvalue weighted by molar-refractivity contribution is -0.119. The van der Waals surface area contributed by atoms with Gasteiger partial charge in [-0.1, -0.05) is 46.9 Å². The molecule has 0 aliphatic rings. The van der Waals surface area contributed by atoms with E-state index in [9.17, 15) is 13.2 Å². The van der Waals surface area contributed by atoms with Crippen LogP contribution in [0.1, 0.15) is 16.7 Å². The van der Waals surface area contributed by atoms with Crippen molar-refractivity contribution in [3.63, 3.8) is 0 Å². The Kier molecular flexibility index (Phi) is 10.3. The number of methoxy groups -OCH3 is 1. The number of halogens is 4. The highest BCUT2D eigenvalue weighted by Crippen LogP contribution is 2.37. The van der Waals surface area contributed by atoms with Crippen LogP contribution in [0.15, 0.2) is 58.1 Å². The van der Waals surface area contributed by atoms with E-state index >= 15 is 0 Å². The number of nitrogens with zero attached hydrogens (tertiary/aromatic N) is 2. The zero-order valence-electron chi connectivity index (χ0n) is 20.5. The van der Waals surface area contributed by atoms with Crippen molar-refractivity contribution >= 4 is 78.6 Å². The number of sulfonamides is 1. The summed E-state index contributed by atoms with van der Waals surface area (Å²) in [5.74, 6) is 0.217. The van der Waals surface area contributed by atoms with Crippen molar-refractivity contribution in [1.82, 2.24) is 5.43 Å². The molecule has 0 bridgehead atoms. The topological polar surface area (TPSA) is 97.3 Å². The van der Waals surface area contributed by atoms with Gasteiger partial charge in [0, 0.05) is 20.6 Å². The number of hydrogen-bond acceptors (Lipinski definition) is 6. The van der Waals surface area contributed by atoms with E-state index in [2.05, 4.69) is 26.5 Å². The molecule has 0 saturated carbocycles. The van der Waals surface area contributed by atoms with Gasteiger partial charge in [0.05, 0.1) is 29.7 Å². The summed E-state index contributed by atoms with van der Waals surface area (Å²) >= 11 is 21.8. The van der Waals surface area contributed by atoms with Crippen LogP contribution in [0.5, 0.6) is 11.5 Å². The zero-order chi connectivity index (χ0) is 28.0. The van der Waals surface area contributed by atoms with Gasteiger partial charge in [0.15, 0.2) is 11.5 Å². The number of rotatable bonds is 10. The van der Waals surface area contributed by atoms with Crippen molar-refractivity contribution in [3.05, 3.63) is 84.8 Å². The predicted octanol–water partition coefficient (Wildman–Crippen LogP) is 6.22. The fourth-order valence-electron chi connectivity index (χ4n) is 3.33. The standard InChI is InChI=1S/C25H23BrCl3N3O5S/c1-15-20(28)5-4-6-22(15)32(38(3,34)35)13-24(33)31-30-12-16-9-19(26)25(23(10-16)36-2)37-14-17-7-8-18(27)11-21(17)29/h4-12H,13-14H2,1-3H3,(H,31,33)/b30-12-. The average molecular weight is 664 g/mol. The number of hydrazone groups is 1. The summed E-state index contributed by atoms with van der Waals surface area (Å²) in [7, 11) is -2.28. The second-order valence-corrected chi connectivity index (χ2v) is 12.0. The number of carbonyl (C=O) groups is 1. The molecular weight excluding hydrogens is 641 g/mol. The normalized spacial score (nSPS) is 11.4. The van der Waals surface area contributed by atoms with Gasteiger partial charge in [0.25, 0.3) is 5.91 Å². The van der Waals surface area contributed by atoms with Gasteiger partial charge < -0.3 is 9.47 Å². The fourth-order valence-corrected chi connectivity index (χ4v) is 5.45. The van der Waals surface area contributed by atoms with Crippen LogP contribution in [0.25, 0.3) is 0 Å². The first-order valence-corrected chi connectivity index (χ1v) is 14.7. The SMILES string of the molecule is COc1cc(/C=N\NC(=O)CN(c2cccc(Cl)c2C)S(C)(=O)=O)cc(Br)c1OCc1ccc(Cl)cc1Cl. The van der Waals surface area contributed by atoms with Crippen LogP contribution in [0.2, 0.25) is 15.1 Å². The fraction of sp³-hybridized carbons (Fsp3) is 0.200. The molecule has 1 N–H and O–H groups in total. The van der Waals surface area contributed by atoms with Crippen LogP contribution >= 0.6 is 50.7 Å². The summed E-state index contributed by atoms with van der Waals surface area (Å²) in [6.45, 7) is 1.37. The Hall–Kier alpha value is -2.50. The highest BCUT2D eigenvalue weighted by atomic mass is 79.9. The van der Waals surface area contributed by atoms with E-state index < -0.39 is 22.5 Å². The van der Waals surface area contributed by atoms with Gasteiger partial charge in [-0.3, -0.25) is 9.10 Å². The van der Waals surface area contributed by atoms with Gasteiger partial charge in [-0.15, -0.1) is 0 Å². The van der Waals surface area contributed by atoms with Crippen molar-refractivity contribution in [3.8, 4) is 11.5 Å². The third-order valence-electron chi connectivity index (χ3n) is 5.24. The summed E-state index contributed by atoms with van der Waals surface area (Å²) < 4.78 is 37.6. The van der Waals surface area contributed by atoms with Crippen LogP contribution < -0.4 is 19.2 Å². The van der Waals surface area contributed by atoms with E-state index in [1.807, 2.05) is 0 Å². The Morgan fingerprint density at radius 2 is 1.87 bits per heavy atom. The first-order chi connectivity index (χ1) is 17.9. The smallest absolute Gasteiger partial charge is 0.260 e. The number of hydrogen-bond donors (Lipinski definition) is 1. The molecule has 0 spiro atoms. The second-order valence-electron chi connectivity index (χ2n) is 8.01. The molecule has 3 aromatic carbocycles. The molecule has 0 saturated heterocycles. The van der Waals surface area contributed by atoms with E-state index in [1.165, 1.54) is 13.3 Å². The lowest BCUT2D eigenvalue weighted by Crippen LogP contribution is -2.39. The molecule has 0 radical (unpaired) electrons. The number of anilines is 1. The number of benzene rings is 3. The van der Waals surface area contributed by atoms with E-state index in [-0.39, 0.29) is 6.61 Å². The quantitative estimate of drug-likeness (QED) is 0.205. The summed E-state index contributed by atoms with van der Waals surface area (Å²) in [6, 6.07) is 13.3. The molecule has 3 rings (SSSR count). The van der Waals surface area contributed by atoms with Crippen LogP contribution in [0.4, 0.5) is 5.69 Å². The van der Waals surface area contributed by atoms with Crippen molar-refractivity contribution in [2.24, 2.45) is 5.10 Å². The molecule has 0 heterocycles. The van der Waals surface area contributed by atoms with Gasteiger partial charge >= 0.3 is 0 Å². The Bertz CT molecular complexity index is 1490. The molecule has 202 valence electrons. The van der Waals surface area contributed by atoms with E-state index in [1.54, 1.807) is 55.5 Å². The minimum atomic E-state index is -3.77. The molecule has 38 heavy (non-hydrogen) atoms. The Labute approximate surface area is 244 Å². The van der Waals surface area contributed by atoms with Crippen molar-refractivity contribution < 1.29 is 22.7 Å². The molecule has 0 fully saturated rings. The molecule has 3 aromatic rings. The summed E-state index contributed by atoms with van der Waals surface area (Å²) in [4.78, 5) is 12.5. The highest BCUT2D eigenvalue weighted by Gasteiger charge is 2.23. The first-order valence-electron chi connectivity index (χ1n) is 10.9. The van der Waals surface area contributed by atoms with Crippen molar-refractivity contribution in [2.45, 2.75) is 13.5 Å². The van der Waals surface area contributed by atoms with Crippen molar-refractivity contribution in [2.75, 3.05) is 24.2 Å². The number of amides is 1. The van der Waals surface area contributed by atoms with E-state index in [4.69, 9.17) is 44.3 Å². The van der Waals surface area contributed by atoms with Gasteiger partial charge in [-0.05, 0) is 70.4 Å². The van der Waals surface area contributed by atoms with Crippen LogP contribution in [-0.2, 0) is 21.4 Å². The minimum absolute atomic E-state index is 0.178. The summed E-state index contributed by atoms with van der Waals surface area (Å²) in [5.41, 5.74) is 4.51. The third-order valence-corrected chi connectivity index (χ3v) is 7.95. The lowest BCUT2D eigenvalue weighted by atomic mass is 10.2. The van der Waals surface area contributed by atoms with Gasteiger partial charge in [-0.25, -0.2) is 13.8 Å². The minimum Gasteiger partial charge on any atom is -0.493 e. The number of carbonyl (C=O) groups excluding carboxylic acids is 1. The lowest BCUT2D eigenvalue weighted by Gasteiger charge is -2.23. The predicted molar refractivity (Wildman–Crippen MR) is 156 cm³/mol. The zero-order valence-corrected chi connectivity index (χ0v) is 25.1.